The molecule has 1 nitrogen and oxygen atoms in total. The summed E-state index contributed by atoms with van der Waals surface area (Å²) < 4.78 is 0. The number of hydrogen-bond acceptors (Lipinski definition) is 2. The second kappa shape index (κ2) is 9.71. The molecule has 1 rings (SSSR count). The van der Waals surface area contributed by atoms with E-state index in [1.165, 1.54) is 30.6 Å². The van der Waals surface area contributed by atoms with E-state index in [-0.39, 0.29) is 0 Å². The summed E-state index contributed by atoms with van der Waals surface area (Å²) in [7, 11) is 0. The van der Waals surface area contributed by atoms with Gasteiger partial charge in [0.1, 0.15) is 0 Å². The van der Waals surface area contributed by atoms with E-state index in [4.69, 9.17) is 11.6 Å². The Balaban J connectivity index is 2.09. The van der Waals surface area contributed by atoms with Crippen LogP contribution in [0.2, 0.25) is 5.02 Å². The van der Waals surface area contributed by atoms with Crippen LogP contribution in [0.25, 0.3) is 0 Å². The predicted octanol–water partition coefficient (Wildman–Crippen LogP) is 4.74. The first kappa shape index (κ1) is 15.9. The highest BCUT2D eigenvalue weighted by atomic mass is 35.5. The van der Waals surface area contributed by atoms with Crippen LogP contribution in [0.3, 0.4) is 0 Å². The standard InChI is InChI=1S/C15H24ClNS/c1-3-15(17-4-2)6-5-11-18-12-13-7-9-14(16)10-8-13/h7-10,15,17H,3-6,11-12H2,1-2H3. The summed E-state index contributed by atoms with van der Waals surface area (Å²) in [6, 6.07) is 8.86. The molecule has 1 aromatic carbocycles. The molecular formula is C15H24ClNS. The van der Waals surface area contributed by atoms with Crippen LogP contribution in [-0.4, -0.2) is 18.3 Å². The fourth-order valence-electron chi connectivity index (χ4n) is 1.94. The first-order valence-electron chi connectivity index (χ1n) is 6.81. The third kappa shape index (κ3) is 6.67. The van der Waals surface area contributed by atoms with E-state index in [0.29, 0.717) is 6.04 Å². The molecule has 0 aliphatic carbocycles. The highest BCUT2D eigenvalue weighted by molar-refractivity contribution is 7.98. The van der Waals surface area contributed by atoms with Crippen LogP contribution in [0.5, 0.6) is 0 Å². The van der Waals surface area contributed by atoms with Gasteiger partial charge in [0.2, 0.25) is 0 Å². The van der Waals surface area contributed by atoms with Crippen LogP contribution in [-0.2, 0) is 5.75 Å². The fourth-order valence-corrected chi connectivity index (χ4v) is 3.01. The van der Waals surface area contributed by atoms with Crippen molar-refractivity contribution in [1.29, 1.82) is 0 Å². The minimum atomic E-state index is 0.700. The molecule has 0 fully saturated rings. The molecule has 0 aromatic heterocycles. The van der Waals surface area contributed by atoms with Crippen LogP contribution >= 0.6 is 23.4 Å². The van der Waals surface area contributed by atoms with E-state index >= 15 is 0 Å². The minimum Gasteiger partial charge on any atom is -0.314 e. The number of nitrogens with one attached hydrogen (secondary N) is 1. The van der Waals surface area contributed by atoms with Crippen molar-refractivity contribution >= 4 is 23.4 Å². The van der Waals surface area contributed by atoms with Gasteiger partial charge < -0.3 is 5.32 Å². The molecular weight excluding hydrogens is 262 g/mol. The molecule has 0 saturated heterocycles. The summed E-state index contributed by atoms with van der Waals surface area (Å²) >= 11 is 7.87. The van der Waals surface area contributed by atoms with Crippen LogP contribution in [0, 0.1) is 0 Å². The Morgan fingerprint density at radius 1 is 1.22 bits per heavy atom. The first-order chi connectivity index (χ1) is 8.76. The molecule has 0 bridgehead atoms. The van der Waals surface area contributed by atoms with E-state index in [9.17, 15) is 0 Å². The molecule has 0 saturated carbocycles. The number of benzene rings is 1. The molecule has 0 spiro atoms. The van der Waals surface area contributed by atoms with E-state index in [1.807, 2.05) is 23.9 Å². The molecule has 1 N–H and O–H groups in total. The Labute approximate surface area is 121 Å². The fraction of sp³-hybridized carbons (Fsp3) is 0.600. The number of rotatable bonds is 9. The highest BCUT2D eigenvalue weighted by Gasteiger charge is 2.03. The highest BCUT2D eigenvalue weighted by Crippen LogP contribution is 2.17. The SMILES string of the molecule is CCNC(CC)CCCSCc1ccc(Cl)cc1. The lowest BCUT2D eigenvalue weighted by molar-refractivity contribution is 0.477. The zero-order chi connectivity index (χ0) is 13.2. The number of halogens is 1. The van der Waals surface area contributed by atoms with Gasteiger partial charge in [0.15, 0.2) is 0 Å². The molecule has 102 valence electrons. The molecule has 0 heterocycles. The van der Waals surface area contributed by atoms with Crippen LogP contribution in [0.15, 0.2) is 24.3 Å². The zero-order valence-electron chi connectivity index (χ0n) is 11.4. The molecule has 1 unspecified atom stereocenters. The van der Waals surface area contributed by atoms with Gasteiger partial charge in [-0.1, -0.05) is 37.6 Å². The summed E-state index contributed by atoms with van der Waals surface area (Å²) in [5, 5.41) is 4.34. The topological polar surface area (TPSA) is 12.0 Å². The van der Waals surface area contributed by atoms with Crippen molar-refractivity contribution in [3.63, 3.8) is 0 Å². The summed E-state index contributed by atoms with van der Waals surface area (Å²) in [6.07, 6.45) is 3.82. The Morgan fingerprint density at radius 2 is 1.94 bits per heavy atom. The van der Waals surface area contributed by atoms with Crippen molar-refractivity contribution in [3.05, 3.63) is 34.9 Å². The average molecular weight is 286 g/mol. The Kier molecular flexibility index (Phi) is 8.57. The Bertz CT molecular complexity index is 313. The van der Waals surface area contributed by atoms with Gasteiger partial charge in [0.25, 0.3) is 0 Å². The maximum absolute atomic E-state index is 5.86. The predicted molar refractivity (Wildman–Crippen MR) is 84.6 cm³/mol. The largest absolute Gasteiger partial charge is 0.314 e. The Morgan fingerprint density at radius 3 is 2.56 bits per heavy atom. The van der Waals surface area contributed by atoms with Crippen LogP contribution in [0.1, 0.15) is 38.7 Å². The summed E-state index contributed by atoms with van der Waals surface area (Å²) in [5.41, 5.74) is 1.36. The first-order valence-corrected chi connectivity index (χ1v) is 8.35. The van der Waals surface area contributed by atoms with Gasteiger partial charge in [-0.2, -0.15) is 11.8 Å². The molecule has 0 radical (unpaired) electrons. The van der Waals surface area contributed by atoms with Crippen molar-refractivity contribution in [2.45, 2.75) is 44.9 Å². The van der Waals surface area contributed by atoms with Gasteiger partial charge in [-0.05, 0) is 49.3 Å². The van der Waals surface area contributed by atoms with E-state index in [1.54, 1.807) is 0 Å². The lowest BCUT2D eigenvalue weighted by Gasteiger charge is -2.15. The van der Waals surface area contributed by atoms with E-state index in [2.05, 4.69) is 31.3 Å². The molecule has 18 heavy (non-hydrogen) atoms. The van der Waals surface area contributed by atoms with Gasteiger partial charge >= 0.3 is 0 Å². The molecule has 3 heteroatoms. The third-order valence-corrected chi connectivity index (χ3v) is 4.38. The second-order valence-corrected chi connectivity index (χ2v) is 6.03. The zero-order valence-corrected chi connectivity index (χ0v) is 13.0. The molecule has 1 atom stereocenters. The van der Waals surface area contributed by atoms with Gasteiger partial charge in [0.05, 0.1) is 0 Å². The second-order valence-electron chi connectivity index (χ2n) is 4.48. The number of hydrogen-bond donors (Lipinski definition) is 1. The maximum Gasteiger partial charge on any atom is 0.0406 e. The van der Waals surface area contributed by atoms with Crippen molar-refractivity contribution < 1.29 is 0 Å². The molecule has 0 amide bonds. The summed E-state index contributed by atoms with van der Waals surface area (Å²) in [4.78, 5) is 0. The van der Waals surface area contributed by atoms with Crippen molar-refractivity contribution in [2.24, 2.45) is 0 Å². The number of thioether (sulfide) groups is 1. The van der Waals surface area contributed by atoms with E-state index in [0.717, 1.165) is 17.3 Å². The smallest absolute Gasteiger partial charge is 0.0406 e. The molecule has 0 aliphatic heterocycles. The van der Waals surface area contributed by atoms with Crippen molar-refractivity contribution in [1.82, 2.24) is 5.32 Å². The lowest BCUT2D eigenvalue weighted by atomic mass is 10.1. The minimum absolute atomic E-state index is 0.700. The normalized spacial score (nSPS) is 12.6. The third-order valence-electron chi connectivity index (χ3n) is 3.01. The summed E-state index contributed by atoms with van der Waals surface area (Å²) in [5.74, 6) is 2.33. The molecule has 1 aromatic rings. The van der Waals surface area contributed by atoms with Gasteiger partial charge in [-0.15, -0.1) is 0 Å². The molecule has 0 aliphatic rings. The summed E-state index contributed by atoms with van der Waals surface area (Å²) in [6.45, 7) is 5.52. The van der Waals surface area contributed by atoms with E-state index < -0.39 is 0 Å². The van der Waals surface area contributed by atoms with Gasteiger partial charge in [0, 0.05) is 16.8 Å². The quantitative estimate of drug-likeness (QED) is 0.658. The van der Waals surface area contributed by atoms with Gasteiger partial charge in [-0.3, -0.25) is 0 Å². The van der Waals surface area contributed by atoms with Gasteiger partial charge in [-0.25, -0.2) is 0 Å². The average Bonchev–Trinajstić information content (AvgIpc) is 2.39. The lowest BCUT2D eigenvalue weighted by Crippen LogP contribution is -2.28. The monoisotopic (exact) mass is 285 g/mol. The van der Waals surface area contributed by atoms with Crippen LogP contribution in [0.4, 0.5) is 0 Å². The van der Waals surface area contributed by atoms with Crippen molar-refractivity contribution in [3.8, 4) is 0 Å². The van der Waals surface area contributed by atoms with Crippen LogP contribution < -0.4 is 5.32 Å². The maximum atomic E-state index is 5.86. The van der Waals surface area contributed by atoms with Crippen molar-refractivity contribution in [2.75, 3.05) is 12.3 Å². The Hall–Kier alpha value is -0.180.